The molecule has 1 aliphatic carbocycles. The molecule has 10 aromatic rings. The highest BCUT2D eigenvalue weighted by Crippen LogP contribution is 2.46. The van der Waals surface area contributed by atoms with Gasteiger partial charge in [0.1, 0.15) is 0 Å². The molecule has 0 saturated carbocycles. The van der Waals surface area contributed by atoms with Crippen LogP contribution in [0.4, 0.5) is 0 Å². The number of fused-ring (bicyclic) bond motifs is 8. The highest BCUT2D eigenvalue weighted by molar-refractivity contribution is 6.20. The zero-order valence-electron chi connectivity index (χ0n) is 28.6. The van der Waals surface area contributed by atoms with Gasteiger partial charge in [-0.2, -0.15) is 0 Å². The van der Waals surface area contributed by atoms with Crippen LogP contribution in [-0.2, 0) is 6.42 Å². The molecular weight excluding hydrogens is 629 g/mol. The lowest BCUT2D eigenvalue weighted by molar-refractivity contribution is 0.971. The fourth-order valence-electron chi connectivity index (χ4n) is 8.88. The van der Waals surface area contributed by atoms with E-state index in [4.69, 9.17) is 0 Å². The fourth-order valence-corrected chi connectivity index (χ4v) is 8.88. The van der Waals surface area contributed by atoms with E-state index in [2.05, 4.69) is 191 Å². The summed E-state index contributed by atoms with van der Waals surface area (Å²) in [7, 11) is 0. The van der Waals surface area contributed by atoms with Gasteiger partial charge >= 0.3 is 0 Å². The Labute approximate surface area is 302 Å². The number of hydrogen-bond acceptors (Lipinski definition) is 0. The van der Waals surface area contributed by atoms with Crippen molar-refractivity contribution in [2.45, 2.75) is 12.8 Å². The molecule has 8 aromatic carbocycles. The molecular formula is C50H34N2. The van der Waals surface area contributed by atoms with E-state index in [1.54, 1.807) is 0 Å². The second-order valence-corrected chi connectivity index (χ2v) is 14.0. The van der Waals surface area contributed by atoms with Crippen LogP contribution in [0.2, 0.25) is 0 Å². The van der Waals surface area contributed by atoms with Crippen molar-refractivity contribution in [3.63, 3.8) is 0 Å². The third kappa shape index (κ3) is 4.25. The summed E-state index contributed by atoms with van der Waals surface area (Å²) in [5.74, 6) is 0. The maximum Gasteiger partial charge on any atom is 0.0620 e. The number of allylic oxidation sites excluding steroid dienone is 1. The van der Waals surface area contributed by atoms with Crippen molar-refractivity contribution in [3.05, 3.63) is 187 Å². The van der Waals surface area contributed by atoms with Gasteiger partial charge in [-0.15, -0.1) is 0 Å². The van der Waals surface area contributed by atoms with Gasteiger partial charge in [0, 0.05) is 43.4 Å². The molecule has 52 heavy (non-hydrogen) atoms. The minimum atomic E-state index is 1.04. The van der Waals surface area contributed by atoms with E-state index in [9.17, 15) is 0 Å². The van der Waals surface area contributed by atoms with Gasteiger partial charge in [0.2, 0.25) is 0 Å². The second kappa shape index (κ2) is 11.4. The monoisotopic (exact) mass is 662 g/mol. The van der Waals surface area contributed by atoms with Gasteiger partial charge in [0.15, 0.2) is 0 Å². The predicted molar refractivity (Wildman–Crippen MR) is 221 cm³/mol. The Morgan fingerprint density at radius 1 is 0.346 bits per heavy atom. The number of benzene rings is 8. The SMILES string of the molecule is C1=Cc2c(c3ccccc3n2-c2c3cc(-c4ccccc4)ccc3c(-n3c4ccccc4c4ccccc43)c3cc(-c4ccccc4)ccc23)CC1. The molecule has 0 saturated heterocycles. The van der Waals surface area contributed by atoms with E-state index in [0.717, 1.165) is 12.8 Å². The molecule has 0 fully saturated rings. The van der Waals surface area contributed by atoms with Crippen LogP contribution in [0.15, 0.2) is 176 Å². The van der Waals surface area contributed by atoms with Crippen LogP contribution in [0.1, 0.15) is 17.7 Å². The zero-order valence-corrected chi connectivity index (χ0v) is 28.6. The molecule has 1 aliphatic rings. The van der Waals surface area contributed by atoms with Gasteiger partial charge in [-0.3, -0.25) is 0 Å². The van der Waals surface area contributed by atoms with E-state index in [0.29, 0.717) is 0 Å². The van der Waals surface area contributed by atoms with Crippen molar-refractivity contribution < 1.29 is 0 Å². The van der Waals surface area contributed by atoms with Gasteiger partial charge < -0.3 is 9.13 Å². The summed E-state index contributed by atoms with van der Waals surface area (Å²) < 4.78 is 5.09. The lowest BCUT2D eigenvalue weighted by atomic mass is 9.92. The van der Waals surface area contributed by atoms with E-state index < -0.39 is 0 Å². The van der Waals surface area contributed by atoms with Crippen LogP contribution in [-0.4, -0.2) is 9.13 Å². The van der Waals surface area contributed by atoms with Crippen molar-refractivity contribution in [1.29, 1.82) is 0 Å². The molecule has 0 amide bonds. The highest BCUT2D eigenvalue weighted by Gasteiger charge is 2.25. The molecule has 0 unspecified atom stereocenters. The van der Waals surface area contributed by atoms with Crippen LogP contribution in [0, 0.1) is 0 Å². The van der Waals surface area contributed by atoms with Crippen molar-refractivity contribution in [1.82, 2.24) is 9.13 Å². The molecule has 0 aliphatic heterocycles. The Morgan fingerprint density at radius 2 is 0.808 bits per heavy atom. The third-order valence-electron chi connectivity index (χ3n) is 11.2. The third-order valence-corrected chi connectivity index (χ3v) is 11.2. The Morgan fingerprint density at radius 3 is 1.37 bits per heavy atom. The first kappa shape index (κ1) is 29.1. The van der Waals surface area contributed by atoms with E-state index in [1.807, 2.05) is 0 Å². The Hall–Kier alpha value is -6.64. The normalized spacial score (nSPS) is 12.8. The number of hydrogen-bond donors (Lipinski definition) is 0. The van der Waals surface area contributed by atoms with Gasteiger partial charge in [-0.25, -0.2) is 0 Å². The topological polar surface area (TPSA) is 9.86 Å². The lowest BCUT2D eigenvalue weighted by Gasteiger charge is -2.23. The quantitative estimate of drug-likeness (QED) is 0.166. The van der Waals surface area contributed by atoms with Gasteiger partial charge in [-0.1, -0.05) is 146 Å². The molecule has 0 atom stereocenters. The van der Waals surface area contributed by atoms with Crippen molar-refractivity contribution >= 4 is 60.3 Å². The highest BCUT2D eigenvalue weighted by atomic mass is 15.0. The Bertz CT molecular complexity index is 3000. The number of aromatic nitrogens is 2. The van der Waals surface area contributed by atoms with Gasteiger partial charge in [0.05, 0.1) is 27.9 Å². The summed E-state index contributed by atoms with van der Waals surface area (Å²) in [6.45, 7) is 0. The molecule has 244 valence electrons. The van der Waals surface area contributed by atoms with Crippen LogP contribution in [0.3, 0.4) is 0 Å². The van der Waals surface area contributed by atoms with E-state index in [-0.39, 0.29) is 0 Å². The van der Waals surface area contributed by atoms with Crippen LogP contribution in [0.25, 0.3) is 94.0 Å². The number of rotatable bonds is 4. The van der Waals surface area contributed by atoms with Crippen molar-refractivity contribution in [2.75, 3.05) is 0 Å². The van der Waals surface area contributed by atoms with E-state index >= 15 is 0 Å². The smallest absolute Gasteiger partial charge is 0.0620 e. The molecule has 2 heteroatoms. The lowest BCUT2D eigenvalue weighted by Crippen LogP contribution is -2.05. The van der Waals surface area contributed by atoms with E-state index in [1.165, 1.54) is 99.1 Å². The minimum Gasteiger partial charge on any atom is -0.308 e. The van der Waals surface area contributed by atoms with Gasteiger partial charge in [0.25, 0.3) is 0 Å². The maximum atomic E-state index is 2.57. The summed E-state index contributed by atoms with van der Waals surface area (Å²) in [6.07, 6.45) is 6.81. The largest absolute Gasteiger partial charge is 0.308 e. The summed E-state index contributed by atoms with van der Waals surface area (Å²) in [6, 6.07) is 62.6. The number of nitrogens with zero attached hydrogens (tertiary/aromatic N) is 2. The van der Waals surface area contributed by atoms with Crippen LogP contribution in [0.5, 0.6) is 0 Å². The number of para-hydroxylation sites is 3. The molecule has 2 heterocycles. The first-order valence-electron chi connectivity index (χ1n) is 18.3. The summed E-state index contributed by atoms with van der Waals surface area (Å²) >= 11 is 0. The molecule has 11 rings (SSSR count). The molecule has 0 radical (unpaired) electrons. The predicted octanol–water partition coefficient (Wildman–Crippen LogP) is 13.3. The maximum absolute atomic E-state index is 2.57. The van der Waals surface area contributed by atoms with Crippen LogP contribution >= 0.6 is 0 Å². The molecule has 0 bridgehead atoms. The molecule has 0 spiro atoms. The van der Waals surface area contributed by atoms with Crippen molar-refractivity contribution in [3.8, 4) is 33.6 Å². The average Bonchev–Trinajstić information content (AvgIpc) is 3.73. The Balaban J connectivity index is 1.38. The molecule has 2 nitrogen and oxygen atoms in total. The first-order chi connectivity index (χ1) is 25.8. The fraction of sp³-hybridized carbons (Fsp3) is 0.0400. The standard InChI is InChI=1S/C50H34N2/c1-3-15-33(16-4-1)35-27-29-41-43(31-35)49(51-45-23-11-7-19-37(45)38-20-8-12-24-46(38)51)42-30-28-36(34-17-5-2-6-18-34)32-44(42)50(41)52-47-25-13-9-21-39(47)40-22-10-14-26-48(40)52/h1-9,11-21,23-32H,10,22H2. The minimum absolute atomic E-state index is 1.04. The summed E-state index contributed by atoms with van der Waals surface area (Å²) in [5, 5.41) is 8.80. The summed E-state index contributed by atoms with van der Waals surface area (Å²) in [4.78, 5) is 0. The number of aryl methyl sites for hydroxylation is 1. The van der Waals surface area contributed by atoms with Gasteiger partial charge in [-0.05, 0) is 77.1 Å². The zero-order chi connectivity index (χ0) is 34.2. The average molecular weight is 663 g/mol. The summed E-state index contributed by atoms with van der Waals surface area (Å²) in [5.41, 5.74) is 13.7. The molecule has 2 aromatic heterocycles. The first-order valence-corrected chi connectivity index (χ1v) is 18.3. The Kier molecular flexibility index (Phi) is 6.41. The van der Waals surface area contributed by atoms with Crippen LogP contribution < -0.4 is 0 Å². The van der Waals surface area contributed by atoms with Crippen molar-refractivity contribution in [2.24, 2.45) is 0 Å². The molecule has 0 N–H and O–H groups in total. The second-order valence-electron chi connectivity index (χ2n) is 14.0.